The maximum absolute atomic E-state index is 9.82. The van der Waals surface area contributed by atoms with Gasteiger partial charge in [-0.25, -0.2) is 0 Å². The Labute approximate surface area is 108 Å². The molecule has 1 heterocycles. The van der Waals surface area contributed by atoms with Crippen LogP contribution in [0.2, 0.25) is 5.02 Å². The molecule has 1 aliphatic heterocycles. The number of hydrogen-bond donors (Lipinski definition) is 1. The lowest BCUT2D eigenvalue weighted by molar-refractivity contribution is 0.0261. The summed E-state index contributed by atoms with van der Waals surface area (Å²) in [5, 5.41) is 10.6. The van der Waals surface area contributed by atoms with Crippen LogP contribution in [0, 0.1) is 0 Å². The highest BCUT2D eigenvalue weighted by atomic mass is 35.5. The smallest absolute Gasteiger partial charge is 0.0680 e. The predicted octanol–water partition coefficient (Wildman–Crippen LogP) is 3.03. The van der Waals surface area contributed by atoms with Crippen LogP contribution in [-0.2, 0) is 5.54 Å². The molecule has 0 amide bonds. The van der Waals surface area contributed by atoms with E-state index < -0.39 is 0 Å². The maximum Gasteiger partial charge on any atom is 0.0680 e. The molecular formula is C14H20ClNO. The minimum Gasteiger partial charge on any atom is -0.394 e. The number of likely N-dealkylation sites (tertiary alicyclic amines) is 1. The molecule has 1 aliphatic rings. The summed E-state index contributed by atoms with van der Waals surface area (Å²) in [6.45, 7) is 4.28. The summed E-state index contributed by atoms with van der Waals surface area (Å²) in [6.07, 6.45) is 3.71. The first-order valence-electron chi connectivity index (χ1n) is 6.29. The monoisotopic (exact) mass is 253 g/mol. The quantitative estimate of drug-likeness (QED) is 0.895. The molecule has 1 fully saturated rings. The minimum atomic E-state index is -0.348. The van der Waals surface area contributed by atoms with Gasteiger partial charge in [0, 0.05) is 5.02 Å². The largest absolute Gasteiger partial charge is 0.394 e. The number of halogens is 1. The van der Waals surface area contributed by atoms with E-state index in [-0.39, 0.29) is 12.1 Å². The summed E-state index contributed by atoms with van der Waals surface area (Å²) in [4.78, 5) is 2.36. The van der Waals surface area contributed by atoms with Crippen molar-refractivity contribution in [1.29, 1.82) is 0 Å². The number of rotatable bonds is 3. The topological polar surface area (TPSA) is 23.5 Å². The molecule has 2 rings (SSSR count). The van der Waals surface area contributed by atoms with Gasteiger partial charge < -0.3 is 5.11 Å². The highest BCUT2D eigenvalue weighted by molar-refractivity contribution is 6.31. The fraction of sp³-hybridized carbons (Fsp3) is 0.571. The first-order chi connectivity index (χ1) is 8.18. The van der Waals surface area contributed by atoms with Crippen LogP contribution in [-0.4, -0.2) is 29.7 Å². The summed E-state index contributed by atoms with van der Waals surface area (Å²) in [7, 11) is 0. The summed E-state index contributed by atoms with van der Waals surface area (Å²) >= 11 is 6.27. The Morgan fingerprint density at radius 3 is 2.47 bits per heavy atom. The zero-order chi connectivity index (χ0) is 12.3. The van der Waals surface area contributed by atoms with Crippen LogP contribution in [0.25, 0.3) is 0 Å². The molecule has 1 N–H and O–H groups in total. The van der Waals surface area contributed by atoms with E-state index in [1.54, 1.807) is 0 Å². The van der Waals surface area contributed by atoms with Gasteiger partial charge in [-0.05, 0) is 44.5 Å². The van der Waals surface area contributed by atoms with Gasteiger partial charge in [-0.15, -0.1) is 0 Å². The zero-order valence-electron chi connectivity index (χ0n) is 10.3. The zero-order valence-corrected chi connectivity index (χ0v) is 11.1. The Morgan fingerprint density at radius 1 is 1.24 bits per heavy atom. The molecule has 2 nitrogen and oxygen atoms in total. The molecule has 0 spiro atoms. The van der Waals surface area contributed by atoms with Gasteiger partial charge in [-0.3, -0.25) is 4.90 Å². The molecule has 1 saturated heterocycles. The van der Waals surface area contributed by atoms with Gasteiger partial charge in [0.05, 0.1) is 12.1 Å². The van der Waals surface area contributed by atoms with Crippen molar-refractivity contribution in [2.75, 3.05) is 19.7 Å². The van der Waals surface area contributed by atoms with E-state index in [2.05, 4.69) is 11.8 Å². The fourth-order valence-electron chi connectivity index (χ4n) is 2.64. The van der Waals surface area contributed by atoms with E-state index in [0.717, 1.165) is 23.7 Å². The van der Waals surface area contributed by atoms with Crippen molar-refractivity contribution in [3.63, 3.8) is 0 Å². The number of aliphatic hydroxyl groups is 1. The van der Waals surface area contributed by atoms with Gasteiger partial charge in [0.25, 0.3) is 0 Å². The Bertz CT molecular complexity index is 376. The highest BCUT2D eigenvalue weighted by Crippen LogP contribution is 2.34. The molecular weight excluding hydrogens is 234 g/mol. The summed E-state index contributed by atoms with van der Waals surface area (Å²) in [6, 6.07) is 7.83. The normalized spacial score (nSPS) is 21.1. The first kappa shape index (κ1) is 12.9. The first-order valence-corrected chi connectivity index (χ1v) is 6.67. The number of nitrogens with zero attached hydrogens (tertiary/aromatic N) is 1. The van der Waals surface area contributed by atoms with E-state index in [1.807, 2.05) is 24.3 Å². The predicted molar refractivity (Wildman–Crippen MR) is 71.3 cm³/mol. The van der Waals surface area contributed by atoms with Crippen molar-refractivity contribution < 1.29 is 5.11 Å². The molecule has 1 aromatic carbocycles. The second kappa shape index (κ2) is 5.38. The standard InChI is InChI=1S/C14H20ClNO/c1-14(11-17,16-9-5-2-6-10-16)12-7-3-4-8-13(12)15/h3-4,7-8,17H,2,5-6,9-11H2,1H3/t14-/m1/s1. The highest BCUT2D eigenvalue weighted by Gasteiger charge is 2.35. The molecule has 0 unspecified atom stereocenters. The van der Waals surface area contributed by atoms with Gasteiger partial charge in [0.15, 0.2) is 0 Å². The second-order valence-corrected chi connectivity index (χ2v) is 5.37. The molecule has 0 bridgehead atoms. The SMILES string of the molecule is C[C@@](CO)(c1ccccc1Cl)N1CCCCC1. The van der Waals surface area contributed by atoms with Crippen LogP contribution < -0.4 is 0 Å². The van der Waals surface area contributed by atoms with Gasteiger partial charge in [0.1, 0.15) is 0 Å². The molecule has 1 aromatic rings. The van der Waals surface area contributed by atoms with Crippen LogP contribution >= 0.6 is 11.6 Å². The van der Waals surface area contributed by atoms with E-state index in [9.17, 15) is 5.11 Å². The van der Waals surface area contributed by atoms with Gasteiger partial charge in [-0.1, -0.05) is 36.2 Å². The second-order valence-electron chi connectivity index (χ2n) is 4.96. The number of benzene rings is 1. The molecule has 17 heavy (non-hydrogen) atoms. The van der Waals surface area contributed by atoms with Crippen LogP contribution in [0.3, 0.4) is 0 Å². The van der Waals surface area contributed by atoms with Crippen molar-refractivity contribution >= 4 is 11.6 Å². The van der Waals surface area contributed by atoms with Crippen molar-refractivity contribution in [3.05, 3.63) is 34.9 Å². The number of aliphatic hydroxyl groups excluding tert-OH is 1. The summed E-state index contributed by atoms with van der Waals surface area (Å²) in [5.74, 6) is 0. The van der Waals surface area contributed by atoms with Crippen molar-refractivity contribution in [3.8, 4) is 0 Å². The maximum atomic E-state index is 9.82. The molecule has 94 valence electrons. The van der Waals surface area contributed by atoms with Gasteiger partial charge in [0.2, 0.25) is 0 Å². The minimum absolute atomic E-state index is 0.108. The molecule has 0 aliphatic carbocycles. The Balaban J connectivity index is 2.32. The number of hydrogen-bond acceptors (Lipinski definition) is 2. The van der Waals surface area contributed by atoms with Gasteiger partial charge >= 0.3 is 0 Å². The average Bonchev–Trinajstić information content (AvgIpc) is 2.39. The molecule has 0 aromatic heterocycles. The van der Waals surface area contributed by atoms with E-state index >= 15 is 0 Å². The molecule has 0 saturated carbocycles. The third kappa shape index (κ3) is 2.49. The lowest BCUT2D eigenvalue weighted by atomic mass is 9.89. The lowest BCUT2D eigenvalue weighted by Gasteiger charge is -2.43. The number of piperidine rings is 1. The third-order valence-corrected chi connectivity index (χ3v) is 4.15. The van der Waals surface area contributed by atoms with Crippen LogP contribution in [0.4, 0.5) is 0 Å². The Morgan fingerprint density at radius 2 is 1.88 bits per heavy atom. The van der Waals surface area contributed by atoms with E-state index in [0.29, 0.717) is 0 Å². The van der Waals surface area contributed by atoms with E-state index in [4.69, 9.17) is 11.6 Å². The molecule has 3 heteroatoms. The average molecular weight is 254 g/mol. The summed E-state index contributed by atoms with van der Waals surface area (Å²) in [5.41, 5.74) is 0.685. The Hall–Kier alpha value is -0.570. The third-order valence-electron chi connectivity index (χ3n) is 3.82. The van der Waals surface area contributed by atoms with Crippen molar-refractivity contribution in [1.82, 2.24) is 4.90 Å². The molecule has 1 atom stereocenters. The lowest BCUT2D eigenvalue weighted by Crippen LogP contribution is -2.49. The molecule has 0 radical (unpaired) electrons. The summed E-state index contributed by atoms with van der Waals surface area (Å²) < 4.78 is 0. The fourth-order valence-corrected chi connectivity index (χ4v) is 2.98. The van der Waals surface area contributed by atoms with Crippen LogP contribution in [0.15, 0.2) is 24.3 Å². The van der Waals surface area contributed by atoms with Crippen LogP contribution in [0.5, 0.6) is 0 Å². The Kier molecular flexibility index (Phi) is 4.08. The van der Waals surface area contributed by atoms with Crippen molar-refractivity contribution in [2.24, 2.45) is 0 Å². The van der Waals surface area contributed by atoms with Crippen LogP contribution in [0.1, 0.15) is 31.7 Å². The van der Waals surface area contributed by atoms with Gasteiger partial charge in [-0.2, -0.15) is 0 Å². The van der Waals surface area contributed by atoms with Crippen molar-refractivity contribution in [2.45, 2.75) is 31.7 Å². The van der Waals surface area contributed by atoms with E-state index in [1.165, 1.54) is 19.3 Å².